The fourth-order valence-electron chi connectivity index (χ4n) is 3.70. The third-order valence-electron chi connectivity index (χ3n) is 5.64. The number of ether oxygens (including phenoxy) is 4. The molecule has 0 saturated heterocycles. The first-order valence-corrected chi connectivity index (χ1v) is 12.3. The second-order valence-corrected chi connectivity index (χ2v) is 10.2. The summed E-state index contributed by atoms with van der Waals surface area (Å²) in [4.78, 5) is 23.5. The van der Waals surface area contributed by atoms with Crippen LogP contribution in [0, 0.1) is 11.8 Å². The lowest BCUT2D eigenvalue weighted by Crippen LogP contribution is -2.42. The van der Waals surface area contributed by atoms with Gasteiger partial charge in [0.15, 0.2) is 11.5 Å². The number of carboxylic acid groups (broad SMARTS) is 1. The summed E-state index contributed by atoms with van der Waals surface area (Å²) < 4.78 is 21.8. The molecule has 206 valence electrons. The van der Waals surface area contributed by atoms with E-state index in [1.807, 2.05) is 18.2 Å². The Kier molecular flexibility index (Phi) is 13.4. The molecule has 1 rings (SSSR count). The summed E-state index contributed by atoms with van der Waals surface area (Å²) in [5.74, 6) is 1.73. The Balaban J connectivity index is 3.01. The van der Waals surface area contributed by atoms with Crippen molar-refractivity contribution in [1.29, 1.82) is 0 Å². The van der Waals surface area contributed by atoms with E-state index in [0.29, 0.717) is 37.6 Å². The van der Waals surface area contributed by atoms with Crippen molar-refractivity contribution in [1.82, 2.24) is 10.4 Å². The molecular weight excluding hydrogens is 468 g/mol. The number of carbonyl (C=O) groups excluding carboxylic acids is 1. The van der Waals surface area contributed by atoms with Gasteiger partial charge < -0.3 is 29.4 Å². The van der Waals surface area contributed by atoms with E-state index in [1.54, 1.807) is 35.0 Å². The molecule has 0 aliphatic carbocycles. The summed E-state index contributed by atoms with van der Waals surface area (Å²) in [5, 5.41) is 21.7. The maximum absolute atomic E-state index is 12.5. The van der Waals surface area contributed by atoms with E-state index >= 15 is 0 Å². The van der Waals surface area contributed by atoms with Crippen molar-refractivity contribution >= 4 is 12.2 Å². The molecule has 0 saturated carbocycles. The van der Waals surface area contributed by atoms with Gasteiger partial charge in [0.25, 0.3) is 0 Å². The van der Waals surface area contributed by atoms with Crippen LogP contribution in [-0.4, -0.2) is 73.2 Å². The molecule has 0 aliphatic heterocycles. The van der Waals surface area contributed by atoms with Gasteiger partial charge in [-0.05, 0) is 69.6 Å². The number of rotatable bonds is 15. The van der Waals surface area contributed by atoms with E-state index in [4.69, 9.17) is 24.1 Å². The number of nitrogens with zero attached hydrogens (tertiary/aromatic N) is 1. The van der Waals surface area contributed by atoms with Crippen LogP contribution < -0.4 is 14.8 Å². The van der Waals surface area contributed by atoms with Gasteiger partial charge in [0, 0.05) is 26.2 Å². The zero-order chi connectivity index (χ0) is 27.3. The van der Waals surface area contributed by atoms with Gasteiger partial charge in [-0.2, -0.15) is 5.06 Å². The molecule has 10 nitrogen and oxygen atoms in total. The molecule has 2 atom stereocenters. The minimum absolute atomic E-state index is 0.136. The molecule has 10 heteroatoms. The van der Waals surface area contributed by atoms with E-state index in [2.05, 4.69) is 19.2 Å². The Hall–Kier alpha value is -2.72. The van der Waals surface area contributed by atoms with Gasteiger partial charge >= 0.3 is 12.2 Å². The zero-order valence-corrected chi connectivity index (χ0v) is 22.7. The summed E-state index contributed by atoms with van der Waals surface area (Å²) in [6.07, 6.45) is 0.259. The average molecular weight is 513 g/mol. The zero-order valence-electron chi connectivity index (χ0n) is 22.7. The quantitative estimate of drug-likeness (QED) is 0.171. The van der Waals surface area contributed by atoms with Gasteiger partial charge in [-0.3, -0.25) is 5.21 Å². The Labute approximate surface area is 214 Å². The van der Waals surface area contributed by atoms with E-state index in [-0.39, 0.29) is 29.9 Å². The van der Waals surface area contributed by atoms with Crippen LogP contribution in [0.25, 0.3) is 0 Å². The van der Waals surface area contributed by atoms with Gasteiger partial charge in [0.1, 0.15) is 5.60 Å². The van der Waals surface area contributed by atoms with Gasteiger partial charge in [-0.25, -0.2) is 9.59 Å². The lowest BCUT2D eigenvalue weighted by atomic mass is 9.83. The second-order valence-electron chi connectivity index (χ2n) is 10.2. The minimum Gasteiger partial charge on any atom is -0.493 e. The van der Waals surface area contributed by atoms with E-state index < -0.39 is 23.8 Å². The molecule has 0 fully saturated rings. The first-order chi connectivity index (χ1) is 16.9. The Morgan fingerprint density at radius 2 is 1.81 bits per heavy atom. The van der Waals surface area contributed by atoms with Gasteiger partial charge in [0.2, 0.25) is 0 Å². The Morgan fingerprint density at radius 1 is 1.11 bits per heavy atom. The van der Waals surface area contributed by atoms with Gasteiger partial charge in [-0.15, -0.1) is 0 Å². The van der Waals surface area contributed by atoms with E-state index in [0.717, 1.165) is 12.0 Å². The number of hydrogen-bond acceptors (Lipinski definition) is 7. The maximum atomic E-state index is 12.5. The lowest BCUT2D eigenvalue weighted by Gasteiger charge is -2.29. The van der Waals surface area contributed by atoms with Crippen LogP contribution in [0.1, 0.15) is 59.4 Å². The molecule has 3 N–H and O–H groups in total. The number of amides is 2. The molecule has 36 heavy (non-hydrogen) atoms. The second kappa shape index (κ2) is 15.4. The number of hydroxylamine groups is 2. The summed E-state index contributed by atoms with van der Waals surface area (Å²) in [7, 11) is 3.25. The molecule has 1 aromatic carbocycles. The molecule has 0 aromatic heterocycles. The highest BCUT2D eigenvalue weighted by molar-refractivity contribution is 5.68. The molecule has 0 heterocycles. The summed E-state index contributed by atoms with van der Waals surface area (Å²) in [6.45, 7) is 10.5. The SMILES string of the molecule is COCCCOc1cc(C[C@@H](C[C@@H](CCN(O)C(=O)O)NC(=O)OC(C)(C)C)C(C)C)ccc1OC. The number of hydrogen-bond donors (Lipinski definition) is 3. The Morgan fingerprint density at radius 3 is 2.36 bits per heavy atom. The lowest BCUT2D eigenvalue weighted by molar-refractivity contribution is -0.0660. The molecule has 2 amide bonds. The molecule has 1 aromatic rings. The van der Waals surface area contributed by atoms with E-state index in [9.17, 15) is 14.8 Å². The summed E-state index contributed by atoms with van der Waals surface area (Å²) in [6, 6.07) is 5.44. The normalized spacial score (nSPS) is 13.1. The number of nitrogens with one attached hydrogen (secondary N) is 1. The van der Waals surface area contributed by atoms with Crippen molar-refractivity contribution in [2.24, 2.45) is 11.8 Å². The maximum Gasteiger partial charge on any atom is 0.431 e. The topological polar surface area (TPSA) is 127 Å². The van der Waals surface area contributed by atoms with Gasteiger partial charge in [0.05, 0.1) is 20.3 Å². The number of alkyl carbamates (subject to hydrolysis) is 1. The highest BCUT2D eigenvalue weighted by atomic mass is 16.6. The standard InChI is InChI=1S/C26H44N2O8/c1-18(2)20(15-19-9-10-22(34-7)23(16-19)35-14-8-13-33-6)17-21(11-12-28(32)25(30)31)27-24(29)36-26(3,4)5/h9-10,16,18,20-21,32H,8,11-15,17H2,1-7H3,(H,27,29)(H,30,31)/t20-,21+/m0/s1. The summed E-state index contributed by atoms with van der Waals surface area (Å²) >= 11 is 0. The van der Waals surface area contributed by atoms with Crippen molar-refractivity contribution in [3.8, 4) is 11.5 Å². The molecule has 0 aliphatic rings. The molecule has 0 spiro atoms. The fraction of sp³-hybridized carbons (Fsp3) is 0.692. The van der Waals surface area contributed by atoms with Crippen molar-refractivity contribution in [2.45, 2.75) is 71.9 Å². The number of carbonyl (C=O) groups is 2. The van der Waals surface area contributed by atoms with E-state index in [1.165, 1.54) is 0 Å². The number of benzene rings is 1. The monoisotopic (exact) mass is 512 g/mol. The highest BCUT2D eigenvalue weighted by Gasteiger charge is 2.25. The predicted octanol–water partition coefficient (Wildman–Crippen LogP) is 4.97. The van der Waals surface area contributed by atoms with Crippen molar-refractivity contribution in [2.75, 3.05) is 34.0 Å². The fourth-order valence-corrected chi connectivity index (χ4v) is 3.70. The van der Waals surface area contributed by atoms with Crippen molar-refractivity contribution in [3.05, 3.63) is 23.8 Å². The Bertz CT molecular complexity index is 810. The average Bonchev–Trinajstić information content (AvgIpc) is 2.78. The predicted molar refractivity (Wildman–Crippen MR) is 136 cm³/mol. The minimum atomic E-state index is -1.44. The molecule has 0 unspecified atom stereocenters. The first kappa shape index (κ1) is 31.3. The molecular formula is C26H44N2O8. The number of methoxy groups -OCH3 is 2. The first-order valence-electron chi connectivity index (χ1n) is 12.3. The largest absolute Gasteiger partial charge is 0.493 e. The third-order valence-corrected chi connectivity index (χ3v) is 5.64. The van der Waals surface area contributed by atoms with Gasteiger partial charge in [-0.1, -0.05) is 19.9 Å². The van der Waals surface area contributed by atoms with Crippen LogP contribution in [0.2, 0.25) is 0 Å². The molecule has 0 radical (unpaired) electrons. The van der Waals surface area contributed by atoms with Crippen LogP contribution in [-0.2, 0) is 15.9 Å². The summed E-state index contributed by atoms with van der Waals surface area (Å²) in [5.41, 5.74) is 0.389. The van der Waals surface area contributed by atoms with Crippen molar-refractivity contribution < 1.29 is 38.9 Å². The third kappa shape index (κ3) is 12.3. The van der Waals surface area contributed by atoms with Crippen LogP contribution in [0.4, 0.5) is 9.59 Å². The van der Waals surface area contributed by atoms with Crippen LogP contribution >= 0.6 is 0 Å². The highest BCUT2D eigenvalue weighted by Crippen LogP contribution is 2.31. The molecule has 0 bridgehead atoms. The smallest absolute Gasteiger partial charge is 0.431 e. The van der Waals surface area contributed by atoms with Crippen LogP contribution in [0.3, 0.4) is 0 Å². The van der Waals surface area contributed by atoms with Crippen molar-refractivity contribution in [3.63, 3.8) is 0 Å². The van der Waals surface area contributed by atoms with Crippen LogP contribution in [0.15, 0.2) is 18.2 Å². The van der Waals surface area contributed by atoms with Crippen LogP contribution in [0.5, 0.6) is 11.5 Å².